The molecule has 2 aromatic carbocycles. The van der Waals surface area contributed by atoms with Crippen LogP contribution in [-0.2, 0) is 4.79 Å². The second-order valence-corrected chi connectivity index (χ2v) is 9.69. The summed E-state index contributed by atoms with van der Waals surface area (Å²) in [6.45, 7) is 3.74. The Morgan fingerprint density at radius 2 is 1.86 bits per heavy atom. The number of nitrogens with two attached hydrogens (primary N) is 1. The molecule has 1 unspecified atom stereocenters. The number of nitrogens with one attached hydrogen (secondary N) is 1. The van der Waals surface area contributed by atoms with Crippen LogP contribution in [0.5, 0.6) is 11.5 Å². The summed E-state index contributed by atoms with van der Waals surface area (Å²) in [5.41, 5.74) is 7.55. The van der Waals surface area contributed by atoms with Crippen molar-refractivity contribution in [2.45, 2.75) is 32.2 Å². The Labute approximate surface area is 220 Å². The predicted molar refractivity (Wildman–Crippen MR) is 143 cm³/mol. The maximum Gasteiger partial charge on any atom is 0.298 e. The number of hydrogen-bond acceptors (Lipinski definition) is 5. The lowest BCUT2D eigenvalue weighted by atomic mass is 9.87. The highest BCUT2D eigenvalue weighted by Gasteiger charge is 2.35. The minimum absolute atomic E-state index is 0.114. The number of primary amides is 1. The number of fused-ring (bicyclic) bond motifs is 1. The molecule has 9 heteroatoms. The first-order valence-corrected chi connectivity index (χ1v) is 12.7. The molecule has 8 nitrogen and oxygen atoms in total. The van der Waals surface area contributed by atoms with Crippen molar-refractivity contribution < 1.29 is 14.3 Å². The molecule has 0 spiro atoms. The number of nitrogens with zero attached hydrogens (tertiary/aromatic N) is 3. The normalized spacial score (nSPS) is 17.2. The minimum atomic E-state index is -0.526. The van der Waals surface area contributed by atoms with E-state index in [4.69, 9.17) is 27.2 Å². The number of aromatic nitrogens is 2. The number of piperidine rings is 1. The van der Waals surface area contributed by atoms with Crippen LogP contribution in [-0.4, -0.2) is 46.1 Å². The standard InChI is InChI=1S/C28H28ClN5O3/c1-2-4-24(35)33-15-12-18(13-16-33)23-11-14-31-28-25(27(30)36)26(32-34(23)28)19-7-9-21(10-8-19)37-22-6-3-5-20(29)17-22/h3,5-10,17-18,23,31H,11-16H2,1H3,(H2,30,36). The van der Waals surface area contributed by atoms with Gasteiger partial charge in [-0.15, -0.1) is 0 Å². The summed E-state index contributed by atoms with van der Waals surface area (Å²) in [7, 11) is 0. The average molecular weight is 518 g/mol. The van der Waals surface area contributed by atoms with Crippen molar-refractivity contribution >= 4 is 29.2 Å². The van der Waals surface area contributed by atoms with Crippen LogP contribution in [0, 0.1) is 17.8 Å². The Morgan fingerprint density at radius 3 is 2.54 bits per heavy atom. The van der Waals surface area contributed by atoms with Crippen LogP contribution in [0.3, 0.4) is 0 Å². The lowest BCUT2D eigenvalue weighted by Gasteiger charge is -2.37. The minimum Gasteiger partial charge on any atom is -0.457 e. The van der Waals surface area contributed by atoms with E-state index in [2.05, 4.69) is 17.2 Å². The van der Waals surface area contributed by atoms with E-state index in [9.17, 15) is 9.59 Å². The van der Waals surface area contributed by atoms with E-state index >= 15 is 0 Å². The van der Waals surface area contributed by atoms with Crippen LogP contribution in [0.4, 0.5) is 5.82 Å². The Hall–Kier alpha value is -3.96. The maximum absolute atomic E-state index is 12.6. The number of carbonyl (C=O) groups excluding carboxylic acids is 2. The molecule has 2 amide bonds. The zero-order chi connectivity index (χ0) is 25.9. The van der Waals surface area contributed by atoms with Crippen molar-refractivity contribution in [3.8, 4) is 34.6 Å². The monoisotopic (exact) mass is 517 g/mol. The van der Waals surface area contributed by atoms with Crippen molar-refractivity contribution in [1.29, 1.82) is 0 Å². The van der Waals surface area contributed by atoms with Crippen LogP contribution in [0.2, 0.25) is 5.02 Å². The summed E-state index contributed by atoms with van der Waals surface area (Å²) in [4.78, 5) is 26.5. The van der Waals surface area contributed by atoms with Crippen molar-refractivity contribution in [1.82, 2.24) is 14.7 Å². The summed E-state index contributed by atoms with van der Waals surface area (Å²) >= 11 is 6.05. The summed E-state index contributed by atoms with van der Waals surface area (Å²) in [5, 5.41) is 8.84. The van der Waals surface area contributed by atoms with E-state index in [0.29, 0.717) is 52.6 Å². The van der Waals surface area contributed by atoms with Gasteiger partial charge in [0.05, 0.1) is 6.04 Å². The summed E-state index contributed by atoms with van der Waals surface area (Å²) in [6.07, 6.45) is 2.60. The molecule has 190 valence electrons. The smallest absolute Gasteiger partial charge is 0.298 e. The average Bonchev–Trinajstić information content (AvgIpc) is 3.30. The van der Waals surface area contributed by atoms with Gasteiger partial charge in [0.25, 0.3) is 11.8 Å². The molecule has 3 N–H and O–H groups in total. The predicted octanol–water partition coefficient (Wildman–Crippen LogP) is 4.71. The number of carbonyl (C=O) groups is 2. The lowest BCUT2D eigenvalue weighted by molar-refractivity contribution is -0.126. The van der Waals surface area contributed by atoms with Gasteiger partial charge in [-0.1, -0.05) is 23.6 Å². The van der Waals surface area contributed by atoms with E-state index < -0.39 is 5.91 Å². The molecule has 3 aromatic rings. The fourth-order valence-corrected chi connectivity index (χ4v) is 5.38. The highest BCUT2D eigenvalue weighted by Crippen LogP contribution is 2.40. The van der Waals surface area contributed by atoms with Gasteiger partial charge in [0.15, 0.2) is 0 Å². The van der Waals surface area contributed by atoms with Crippen molar-refractivity contribution in [2.24, 2.45) is 11.7 Å². The number of benzene rings is 2. The number of anilines is 1. The molecule has 3 heterocycles. The van der Waals surface area contributed by atoms with Crippen LogP contribution >= 0.6 is 11.6 Å². The van der Waals surface area contributed by atoms with Gasteiger partial charge in [-0.3, -0.25) is 9.59 Å². The van der Waals surface area contributed by atoms with Gasteiger partial charge in [0, 0.05) is 30.2 Å². The van der Waals surface area contributed by atoms with Crippen LogP contribution < -0.4 is 15.8 Å². The third kappa shape index (κ3) is 5.13. The molecule has 0 bridgehead atoms. The molecule has 2 aliphatic heterocycles. The molecule has 1 fully saturated rings. The first-order valence-electron chi connectivity index (χ1n) is 12.4. The largest absolute Gasteiger partial charge is 0.457 e. The third-order valence-electron chi connectivity index (χ3n) is 6.97. The zero-order valence-electron chi connectivity index (χ0n) is 20.5. The Morgan fingerprint density at radius 1 is 1.11 bits per heavy atom. The molecular weight excluding hydrogens is 490 g/mol. The van der Waals surface area contributed by atoms with E-state index in [1.54, 1.807) is 19.1 Å². The fraction of sp³-hybridized carbons (Fsp3) is 0.321. The van der Waals surface area contributed by atoms with Gasteiger partial charge in [0.1, 0.15) is 28.6 Å². The van der Waals surface area contributed by atoms with Gasteiger partial charge in [-0.05, 0) is 80.5 Å². The first-order chi connectivity index (χ1) is 17.9. The number of amides is 2. The maximum atomic E-state index is 12.6. The molecule has 0 saturated carbocycles. The van der Waals surface area contributed by atoms with Crippen molar-refractivity contribution in [3.05, 3.63) is 59.1 Å². The lowest BCUT2D eigenvalue weighted by Crippen LogP contribution is -2.41. The van der Waals surface area contributed by atoms with E-state index in [1.165, 1.54) is 0 Å². The Bertz CT molecular complexity index is 1380. The highest BCUT2D eigenvalue weighted by atomic mass is 35.5. The molecular formula is C28H28ClN5O3. The molecule has 5 rings (SSSR count). The number of likely N-dealkylation sites (tertiary alicyclic amines) is 1. The molecule has 1 atom stereocenters. The quantitative estimate of drug-likeness (QED) is 0.477. The van der Waals surface area contributed by atoms with Crippen molar-refractivity contribution in [2.75, 3.05) is 25.0 Å². The van der Waals surface area contributed by atoms with Gasteiger partial charge < -0.3 is 20.7 Å². The third-order valence-corrected chi connectivity index (χ3v) is 7.20. The molecule has 0 radical (unpaired) electrons. The number of rotatable bonds is 5. The zero-order valence-corrected chi connectivity index (χ0v) is 21.3. The fourth-order valence-electron chi connectivity index (χ4n) is 5.20. The summed E-state index contributed by atoms with van der Waals surface area (Å²) in [5.74, 6) is 6.94. The highest BCUT2D eigenvalue weighted by molar-refractivity contribution is 6.30. The number of halogens is 1. The van der Waals surface area contributed by atoms with Crippen LogP contribution in [0.25, 0.3) is 11.3 Å². The second kappa shape index (κ2) is 10.6. The SMILES string of the molecule is CC#CC(=O)N1CCC(C2CCNc3c(C(N)=O)c(-c4ccc(Oc5cccc(Cl)c5)cc4)nn32)CC1. The van der Waals surface area contributed by atoms with Gasteiger partial charge >= 0.3 is 0 Å². The Kier molecular flexibility index (Phi) is 7.06. The van der Waals surface area contributed by atoms with Gasteiger partial charge in [-0.2, -0.15) is 5.10 Å². The van der Waals surface area contributed by atoms with Gasteiger partial charge in [-0.25, -0.2) is 4.68 Å². The molecule has 1 aromatic heterocycles. The number of hydrogen-bond donors (Lipinski definition) is 2. The van der Waals surface area contributed by atoms with Gasteiger partial charge in [0.2, 0.25) is 0 Å². The number of ether oxygens (including phenoxy) is 1. The molecule has 0 aliphatic carbocycles. The van der Waals surface area contributed by atoms with E-state index in [1.807, 2.05) is 46.0 Å². The van der Waals surface area contributed by atoms with E-state index in [0.717, 1.165) is 31.4 Å². The van der Waals surface area contributed by atoms with E-state index in [-0.39, 0.29) is 11.9 Å². The summed E-state index contributed by atoms with van der Waals surface area (Å²) in [6, 6.07) is 14.7. The first kappa shape index (κ1) is 24.7. The molecule has 2 aliphatic rings. The molecule has 37 heavy (non-hydrogen) atoms. The van der Waals surface area contributed by atoms with Crippen molar-refractivity contribution in [3.63, 3.8) is 0 Å². The second-order valence-electron chi connectivity index (χ2n) is 9.25. The van der Waals surface area contributed by atoms with Crippen LogP contribution in [0.15, 0.2) is 48.5 Å². The molecule has 1 saturated heterocycles. The Balaban J connectivity index is 1.39. The summed E-state index contributed by atoms with van der Waals surface area (Å²) < 4.78 is 7.83. The topological polar surface area (TPSA) is 102 Å². The van der Waals surface area contributed by atoms with Crippen LogP contribution in [0.1, 0.15) is 42.6 Å².